The fourth-order valence-corrected chi connectivity index (χ4v) is 2.83. The van der Waals surface area contributed by atoms with Gasteiger partial charge >= 0.3 is 12.4 Å². The van der Waals surface area contributed by atoms with Crippen molar-refractivity contribution in [2.45, 2.75) is 116 Å². The summed E-state index contributed by atoms with van der Waals surface area (Å²) in [4.78, 5) is 0. The second-order valence-electron chi connectivity index (χ2n) is 11.0. The van der Waals surface area contributed by atoms with Crippen LogP contribution in [0.15, 0.2) is 48.5 Å². The van der Waals surface area contributed by atoms with Crippen LogP contribution in [0.2, 0.25) is 0 Å². The Hall–Kier alpha value is -1.98. The minimum atomic E-state index is -5.24. The van der Waals surface area contributed by atoms with Gasteiger partial charge in [0.2, 0.25) is 0 Å². The maximum atomic E-state index is 11.6. The van der Waals surface area contributed by atoms with Crippen LogP contribution >= 0.6 is 0 Å². The molecular formula is C31H52F6. The van der Waals surface area contributed by atoms with Crippen LogP contribution in [0.1, 0.15) is 109 Å². The molecule has 2 aromatic carbocycles. The lowest BCUT2D eigenvalue weighted by Crippen LogP contribution is -2.44. The molecule has 0 amide bonds. The van der Waals surface area contributed by atoms with E-state index in [4.69, 9.17) is 0 Å². The lowest BCUT2D eigenvalue weighted by Gasteiger charge is -2.29. The molecule has 6 heteroatoms. The molecule has 0 unspecified atom stereocenters. The highest BCUT2D eigenvalue weighted by Gasteiger charge is 2.64. The van der Waals surface area contributed by atoms with E-state index in [0.29, 0.717) is 5.41 Å². The van der Waals surface area contributed by atoms with Crippen molar-refractivity contribution in [1.29, 1.82) is 0 Å². The first-order chi connectivity index (χ1) is 15.1. The first kappa shape index (κ1) is 42.1. The molecule has 0 aliphatic heterocycles. The molecule has 0 heterocycles. The number of rotatable bonds is 0. The summed E-state index contributed by atoms with van der Waals surface area (Å²) in [5.74, 6) is 0. The Morgan fingerprint density at radius 3 is 0.973 bits per heavy atom. The average molecular weight is 539 g/mol. The Kier molecular flexibility index (Phi) is 17.6. The Morgan fingerprint density at radius 1 is 0.568 bits per heavy atom. The summed E-state index contributed by atoms with van der Waals surface area (Å²) < 4.78 is 69.7. The van der Waals surface area contributed by atoms with Crippen LogP contribution in [0.25, 0.3) is 11.1 Å². The Labute approximate surface area is 223 Å². The van der Waals surface area contributed by atoms with Gasteiger partial charge in [-0.15, -0.1) is 0 Å². The molecular weight excluding hydrogens is 486 g/mol. The molecule has 1 aliphatic rings. The largest absolute Gasteiger partial charge is 0.402 e. The highest BCUT2D eigenvalue weighted by Crippen LogP contribution is 2.49. The fraction of sp³-hybridized carbons (Fsp3) is 0.613. The number of alkyl halides is 6. The van der Waals surface area contributed by atoms with E-state index >= 15 is 0 Å². The van der Waals surface area contributed by atoms with E-state index in [2.05, 4.69) is 104 Å². The molecule has 0 spiro atoms. The summed E-state index contributed by atoms with van der Waals surface area (Å²) in [6.07, 6.45) is -9.24. The van der Waals surface area contributed by atoms with E-state index in [-0.39, 0.29) is 41.5 Å². The summed E-state index contributed by atoms with van der Waals surface area (Å²) >= 11 is 0. The highest BCUT2D eigenvalue weighted by atomic mass is 19.4. The summed E-state index contributed by atoms with van der Waals surface area (Å²) in [6.45, 7) is 17.8. The van der Waals surface area contributed by atoms with E-state index in [1.807, 2.05) is 0 Å². The van der Waals surface area contributed by atoms with Gasteiger partial charge in [0.05, 0.1) is 0 Å². The van der Waals surface area contributed by atoms with E-state index < -0.39 is 17.8 Å². The van der Waals surface area contributed by atoms with Crippen molar-refractivity contribution >= 4 is 0 Å². The van der Waals surface area contributed by atoms with Crippen molar-refractivity contribution in [2.24, 2.45) is 10.8 Å². The minimum absolute atomic E-state index is 0. The Balaban J connectivity index is -0.000000221. The summed E-state index contributed by atoms with van der Waals surface area (Å²) in [7, 11) is 0. The molecule has 0 radical (unpaired) electrons. The van der Waals surface area contributed by atoms with Gasteiger partial charge in [0, 0.05) is 5.41 Å². The van der Waals surface area contributed by atoms with E-state index in [0.717, 1.165) is 0 Å². The van der Waals surface area contributed by atoms with Gasteiger partial charge in [0.15, 0.2) is 5.41 Å². The molecule has 0 N–H and O–H groups in total. The molecule has 0 fully saturated rings. The molecule has 0 nitrogen and oxygen atoms in total. The van der Waals surface area contributed by atoms with Crippen molar-refractivity contribution in [3.05, 3.63) is 59.7 Å². The SMILES string of the molecule is C.C.C.CC(C)(C(F)(F)F)C(F)(F)F.CC(C)(C)C.CC1(C)c2ccccc2-c2ccccc21.CCC. The minimum Gasteiger partial charge on any atom is -0.170 e. The number of hydrogen-bond acceptors (Lipinski definition) is 0. The molecule has 0 saturated heterocycles. The van der Waals surface area contributed by atoms with Gasteiger partial charge in [-0.05, 0) is 41.5 Å². The number of halogens is 6. The molecule has 0 bridgehead atoms. The average Bonchev–Trinajstić information content (AvgIpc) is 2.88. The lowest BCUT2D eigenvalue weighted by molar-refractivity contribution is -0.327. The van der Waals surface area contributed by atoms with Crippen LogP contribution in [-0.2, 0) is 5.41 Å². The predicted molar refractivity (Wildman–Crippen MR) is 151 cm³/mol. The van der Waals surface area contributed by atoms with Crippen LogP contribution in [-0.4, -0.2) is 12.4 Å². The molecule has 218 valence electrons. The van der Waals surface area contributed by atoms with E-state index in [1.165, 1.54) is 28.7 Å². The smallest absolute Gasteiger partial charge is 0.170 e. The van der Waals surface area contributed by atoms with Crippen molar-refractivity contribution in [3.8, 4) is 11.1 Å². The van der Waals surface area contributed by atoms with Gasteiger partial charge in [-0.1, -0.05) is 133 Å². The summed E-state index contributed by atoms with van der Waals surface area (Å²) in [5, 5.41) is 0. The van der Waals surface area contributed by atoms with Crippen molar-refractivity contribution in [3.63, 3.8) is 0 Å². The summed E-state index contributed by atoms with van der Waals surface area (Å²) in [5.41, 5.74) is 2.74. The maximum Gasteiger partial charge on any atom is 0.402 e. The third kappa shape index (κ3) is 12.0. The maximum absolute atomic E-state index is 11.6. The zero-order chi connectivity index (χ0) is 27.2. The zero-order valence-electron chi connectivity index (χ0n) is 22.1. The molecule has 2 aromatic rings. The third-order valence-corrected chi connectivity index (χ3v) is 4.91. The standard InChI is InChI=1S/C15H14.C5H6F6.C5H12.C3H8.3CH4/c1-15(2)13-9-5-3-7-11(13)12-8-4-6-10-14(12)15;1-3(2,4(6,7)8)5(9,10)11;1-5(2,3)4;1-3-2;;;/h3-10H,1-2H3;1-2H3;1-4H3;3H2,1-2H3;3*1H4. The molecule has 37 heavy (non-hydrogen) atoms. The predicted octanol–water partition coefficient (Wildman–Crippen LogP) is 12.5. The van der Waals surface area contributed by atoms with Crippen LogP contribution in [0.5, 0.6) is 0 Å². The third-order valence-electron chi connectivity index (χ3n) is 4.91. The normalized spacial score (nSPS) is 13.1. The van der Waals surface area contributed by atoms with Gasteiger partial charge in [-0.3, -0.25) is 0 Å². The fourth-order valence-electron chi connectivity index (χ4n) is 2.83. The number of benzene rings is 2. The quantitative estimate of drug-likeness (QED) is 0.293. The lowest BCUT2D eigenvalue weighted by atomic mass is 9.82. The topological polar surface area (TPSA) is 0 Å². The highest BCUT2D eigenvalue weighted by molar-refractivity contribution is 5.80. The number of fused-ring (bicyclic) bond motifs is 3. The van der Waals surface area contributed by atoms with Crippen LogP contribution in [0.4, 0.5) is 26.3 Å². The van der Waals surface area contributed by atoms with E-state index in [1.54, 1.807) is 0 Å². The van der Waals surface area contributed by atoms with Gasteiger partial charge < -0.3 is 0 Å². The molecule has 0 atom stereocenters. The van der Waals surface area contributed by atoms with Crippen molar-refractivity contribution in [1.82, 2.24) is 0 Å². The monoisotopic (exact) mass is 538 g/mol. The summed E-state index contributed by atoms with van der Waals surface area (Å²) in [6, 6.07) is 17.4. The van der Waals surface area contributed by atoms with Gasteiger partial charge in [-0.25, -0.2) is 0 Å². The second-order valence-corrected chi connectivity index (χ2v) is 11.0. The Bertz CT molecular complexity index is 812. The van der Waals surface area contributed by atoms with Crippen LogP contribution < -0.4 is 0 Å². The Morgan fingerprint density at radius 2 is 0.784 bits per heavy atom. The zero-order valence-corrected chi connectivity index (χ0v) is 22.1. The first-order valence-electron chi connectivity index (χ1n) is 11.5. The van der Waals surface area contributed by atoms with Crippen LogP contribution in [0, 0.1) is 10.8 Å². The second kappa shape index (κ2) is 15.4. The van der Waals surface area contributed by atoms with Gasteiger partial charge in [0.25, 0.3) is 0 Å². The van der Waals surface area contributed by atoms with E-state index in [9.17, 15) is 26.3 Å². The number of hydrogen-bond donors (Lipinski definition) is 0. The molecule has 3 rings (SSSR count). The molecule has 0 aromatic heterocycles. The van der Waals surface area contributed by atoms with Crippen LogP contribution in [0.3, 0.4) is 0 Å². The molecule has 0 saturated carbocycles. The van der Waals surface area contributed by atoms with Crippen molar-refractivity contribution in [2.75, 3.05) is 0 Å². The van der Waals surface area contributed by atoms with Gasteiger partial charge in [-0.2, -0.15) is 26.3 Å². The van der Waals surface area contributed by atoms with Gasteiger partial charge in [0.1, 0.15) is 0 Å². The molecule has 1 aliphatic carbocycles. The first-order valence-corrected chi connectivity index (χ1v) is 11.5. The van der Waals surface area contributed by atoms with Crippen molar-refractivity contribution < 1.29 is 26.3 Å².